The first-order chi connectivity index (χ1) is 8.28. The molecule has 0 amide bonds. The second-order valence-corrected chi connectivity index (χ2v) is 6.42. The van der Waals surface area contributed by atoms with Gasteiger partial charge < -0.3 is 5.73 Å². The van der Waals surface area contributed by atoms with Gasteiger partial charge in [0, 0.05) is 11.3 Å². The first-order valence-corrected chi connectivity index (χ1v) is 6.84. The van der Waals surface area contributed by atoms with E-state index in [4.69, 9.17) is 5.73 Å². The average Bonchev–Trinajstić information content (AvgIpc) is 2.33. The van der Waals surface area contributed by atoms with Crippen molar-refractivity contribution in [2.75, 3.05) is 5.73 Å². The van der Waals surface area contributed by atoms with Gasteiger partial charge in [-0.25, -0.2) is 4.39 Å². The number of hydrogen-bond acceptors (Lipinski definition) is 1. The van der Waals surface area contributed by atoms with E-state index < -0.39 is 0 Å². The van der Waals surface area contributed by atoms with E-state index in [9.17, 15) is 4.39 Å². The molecule has 1 aliphatic rings. The summed E-state index contributed by atoms with van der Waals surface area (Å²) in [7, 11) is 0. The van der Waals surface area contributed by atoms with Gasteiger partial charge in [-0.1, -0.05) is 20.8 Å². The summed E-state index contributed by atoms with van der Waals surface area (Å²) in [5, 5.41) is 0. The van der Waals surface area contributed by atoms with Crippen LogP contribution in [0.5, 0.6) is 0 Å². The van der Waals surface area contributed by atoms with E-state index in [1.807, 2.05) is 6.92 Å². The van der Waals surface area contributed by atoms with Crippen LogP contribution < -0.4 is 5.73 Å². The van der Waals surface area contributed by atoms with Crippen LogP contribution in [0, 0.1) is 31.0 Å². The maximum Gasteiger partial charge on any atom is 0.131 e. The van der Waals surface area contributed by atoms with Gasteiger partial charge in [-0.3, -0.25) is 0 Å². The van der Waals surface area contributed by atoms with Gasteiger partial charge >= 0.3 is 0 Å². The van der Waals surface area contributed by atoms with E-state index in [0.29, 0.717) is 17.2 Å². The lowest BCUT2D eigenvalue weighted by Crippen LogP contribution is -2.32. The zero-order chi connectivity index (χ0) is 13.7. The molecule has 0 aromatic heterocycles. The zero-order valence-corrected chi connectivity index (χ0v) is 12.2. The Kier molecular flexibility index (Phi) is 3.16. The van der Waals surface area contributed by atoms with E-state index in [1.54, 1.807) is 6.92 Å². The van der Waals surface area contributed by atoms with E-state index in [0.717, 1.165) is 36.0 Å². The van der Waals surface area contributed by atoms with Crippen LogP contribution >= 0.6 is 0 Å². The smallest absolute Gasteiger partial charge is 0.131 e. The molecule has 0 spiro atoms. The molecule has 1 atom stereocenters. The molecule has 1 unspecified atom stereocenters. The van der Waals surface area contributed by atoms with Crippen molar-refractivity contribution < 1.29 is 4.39 Å². The van der Waals surface area contributed by atoms with Crippen LogP contribution in [0.25, 0.3) is 0 Å². The zero-order valence-electron chi connectivity index (χ0n) is 12.2. The van der Waals surface area contributed by atoms with Crippen molar-refractivity contribution in [2.24, 2.45) is 11.3 Å². The fourth-order valence-electron chi connectivity index (χ4n) is 3.04. The molecule has 0 heterocycles. The molecule has 2 N–H and O–H groups in total. The normalized spacial score (nSPS) is 23.3. The third kappa shape index (κ3) is 1.82. The Hall–Kier alpha value is -1.05. The van der Waals surface area contributed by atoms with Crippen LogP contribution in [0.3, 0.4) is 0 Å². The van der Waals surface area contributed by atoms with Crippen molar-refractivity contribution in [1.29, 1.82) is 0 Å². The molecule has 0 saturated heterocycles. The van der Waals surface area contributed by atoms with E-state index >= 15 is 0 Å². The van der Waals surface area contributed by atoms with Gasteiger partial charge in [-0.15, -0.1) is 0 Å². The van der Waals surface area contributed by atoms with Gasteiger partial charge in [0.15, 0.2) is 0 Å². The molecule has 2 heteroatoms. The van der Waals surface area contributed by atoms with Gasteiger partial charge in [0.2, 0.25) is 0 Å². The van der Waals surface area contributed by atoms with E-state index in [1.165, 1.54) is 0 Å². The van der Waals surface area contributed by atoms with Crippen LogP contribution in [-0.2, 0) is 12.8 Å². The van der Waals surface area contributed by atoms with Crippen molar-refractivity contribution in [2.45, 2.75) is 53.9 Å². The number of nitrogens with two attached hydrogens (primary N) is 1. The molecular formula is C16H24FN. The lowest BCUT2D eigenvalue weighted by Gasteiger charge is -2.39. The summed E-state index contributed by atoms with van der Waals surface area (Å²) in [4.78, 5) is 0. The van der Waals surface area contributed by atoms with Crippen molar-refractivity contribution in [3.63, 3.8) is 0 Å². The highest BCUT2D eigenvalue weighted by Gasteiger charge is 2.35. The molecule has 2 rings (SSSR count). The lowest BCUT2D eigenvalue weighted by molar-refractivity contribution is 0.185. The average molecular weight is 249 g/mol. The standard InChI is InChI=1S/C16H24FN/c1-9(2)16(5)7-6-12-13(8-16)10(3)15(18)11(4)14(12)17/h9H,6-8,18H2,1-5H3. The van der Waals surface area contributed by atoms with Crippen LogP contribution in [0.1, 0.15) is 49.4 Å². The van der Waals surface area contributed by atoms with Crippen molar-refractivity contribution in [3.05, 3.63) is 28.1 Å². The quantitative estimate of drug-likeness (QED) is 0.742. The number of fused-ring (bicyclic) bond motifs is 1. The van der Waals surface area contributed by atoms with Gasteiger partial charge in [0.05, 0.1) is 0 Å². The summed E-state index contributed by atoms with van der Waals surface area (Å²) in [6.07, 6.45) is 2.86. The maximum atomic E-state index is 14.3. The maximum absolute atomic E-state index is 14.3. The fraction of sp³-hybridized carbons (Fsp3) is 0.625. The molecule has 18 heavy (non-hydrogen) atoms. The molecular weight excluding hydrogens is 225 g/mol. The number of benzene rings is 1. The first-order valence-electron chi connectivity index (χ1n) is 6.84. The molecule has 1 aliphatic carbocycles. The molecule has 0 aliphatic heterocycles. The van der Waals surface area contributed by atoms with E-state index in [-0.39, 0.29) is 11.2 Å². The topological polar surface area (TPSA) is 26.0 Å². The van der Waals surface area contributed by atoms with Gasteiger partial charge in [-0.05, 0) is 61.1 Å². The van der Waals surface area contributed by atoms with Gasteiger partial charge in [0.25, 0.3) is 0 Å². The Morgan fingerprint density at radius 1 is 1.17 bits per heavy atom. The van der Waals surface area contributed by atoms with E-state index in [2.05, 4.69) is 20.8 Å². The summed E-state index contributed by atoms with van der Waals surface area (Å²) < 4.78 is 14.3. The minimum absolute atomic E-state index is 0.0705. The third-order valence-corrected chi connectivity index (χ3v) is 5.14. The number of hydrogen-bond donors (Lipinski definition) is 1. The molecule has 0 fully saturated rings. The second-order valence-electron chi connectivity index (χ2n) is 6.42. The molecule has 0 saturated carbocycles. The minimum atomic E-state index is -0.0705. The number of nitrogen functional groups attached to an aromatic ring is 1. The van der Waals surface area contributed by atoms with Gasteiger partial charge in [0.1, 0.15) is 5.82 Å². The molecule has 1 aromatic rings. The second kappa shape index (κ2) is 4.25. The van der Waals surface area contributed by atoms with Crippen molar-refractivity contribution in [1.82, 2.24) is 0 Å². The molecule has 1 nitrogen and oxygen atoms in total. The SMILES string of the molecule is Cc1c(N)c(C)c2c(c1F)CCC(C)(C(C)C)C2. The summed E-state index contributed by atoms with van der Waals surface area (Å²) in [6, 6.07) is 0. The largest absolute Gasteiger partial charge is 0.398 e. The Morgan fingerprint density at radius 2 is 1.78 bits per heavy atom. The highest BCUT2D eigenvalue weighted by atomic mass is 19.1. The van der Waals surface area contributed by atoms with Crippen LogP contribution in [0.15, 0.2) is 0 Å². The Morgan fingerprint density at radius 3 is 2.33 bits per heavy atom. The van der Waals surface area contributed by atoms with Crippen LogP contribution in [-0.4, -0.2) is 0 Å². The number of anilines is 1. The molecule has 100 valence electrons. The Balaban J connectivity index is 2.57. The third-order valence-electron chi connectivity index (χ3n) is 5.14. The Labute approximate surface area is 110 Å². The number of rotatable bonds is 1. The van der Waals surface area contributed by atoms with Crippen molar-refractivity contribution in [3.8, 4) is 0 Å². The highest BCUT2D eigenvalue weighted by molar-refractivity contribution is 5.60. The predicted octanol–water partition coefficient (Wildman–Crippen LogP) is 4.18. The Bertz CT molecular complexity index is 491. The van der Waals surface area contributed by atoms with Crippen molar-refractivity contribution >= 4 is 5.69 Å². The minimum Gasteiger partial charge on any atom is -0.398 e. The van der Waals surface area contributed by atoms with Crippen LogP contribution in [0.4, 0.5) is 10.1 Å². The molecule has 1 aromatic carbocycles. The summed E-state index contributed by atoms with van der Waals surface area (Å²) >= 11 is 0. The lowest BCUT2D eigenvalue weighted by atomic mass is 9.65. The summed E-state index contributed by atoms with van der Waals surface area (Å²) in [6.45, 7) is 10.7. The highest BCUT2D eigenvalue weighted by Crippen LogP contribution is 2.44. The monoisotopic (exact) mass is 249 g/mol. The molecule has 0 radical (unpaired) electrons. The molecule has 0 bridgehead atoms. The fourth-order valence-corrected chi connectivity index (χ4v) is 3.04. The first kappa shape index (κ1) is 13.4. The van der Waals surface area contributed by atoms with Gasteiger partial charge in [-0.2, -0.15) is 0 Å². The summed E-state index contributed by atoms with van der Waals surface area (Å²) in [5.74, 6) is 0.537. The predicted molar refractivity (Wildman–Crippen MR) is 75.3 cm³/mol. The summed E-state index contributed by atoms with van der Waals surface area (Å²) in [5.41, 5.74) is 10.7. The number of halogens is 1. The van der Waals surface area contributed by atoms with Crippen LogP contribution in [0.2, 0.25) is 0 Å².